The molecule has 0 radical (unpaired) electrons. The summed E-state index contributed by atoms with van der Waals surface area (Å²) in [5.41, 5.74) is 3.65. The third-order valence-electron chi connectivity index (χ3n) is 4.69. The van der Waals surface area contributed by atoms with Crippen LogP contribution < -0.4 is 10.6 Å². The van der Waals surface area contributed by atoms with E-state index in [4.69, 9.17) is 0 Å². The number of hydrogen-bond donors (Lipinski definition) is 2. The first-order chi connectivity index (χ1) is 13.7. The smallest absolute Gasteiger partial charge is 0.319 e. The van der Waals surface area contributed by atoms with Crippen LogP contribution in [0.2, 0.25) is 0 Å². The molecule has 2 heterocycles. The van der Waals surface area contributed by atoms with E-state index in [0.29, 0.717) is 6.42 Å². The number of rotatable bonds is 5. The van der Waals surface area contributed by atoms with Crippen LogP contribution in [0.15, 0.2) is 79.1 Å². The SMILES string of the molecule is Cn1ncc2c(NC(=O)NC(Cc3ccccn3)c3ccccc3)cccc21. The molecule has 0 saturated carbocycles. The molecule has 28 heavy (non-hydrogen) atoms. The molecule has 4 aromatic rings. The molecule has 140 valence electrons. The Labute approximate surface area is 163 Å². The van der Waals surface area contributed by atoms with E-state index >= 15 is 0 Å². The van der Waals surface area contributed by atoms with Crippen LogP contribution in [-0.4, -0.2) is 20.8 Å². The minimum absolute atomic E-state index is 0.191. The van der Waals surface area contributed by atoms with Crippen LogP contribution in [-0.2, 0) is 13.5 Å². The van der Waals surface area contributed by atoms with Gasteiger partial charge in [-0.25, -0.2) is 4.79 Å². The first-order valence-corrected chi connectivity index (χ1v) is 9.14. The Balaban J connectivity index is 1.55. The molecule has 4 rings (SSSR count). The fourth-order valence-electron chi connectivity index (χ4n) is 3.27. The Morgan fingerprint density at radius 1 is 1.04 bits per heavy atom. The number of nitrogens with zero attached hydrogens (tertiary/aromatic N) is 3. The summed E-state index contributed by atoms with van der Waals surface area (Å²) in [5.74, 6) is 0. The summed E-state index contributed by atoms with van der Waals surface area (Å²) >= 11 is 0. The van der Waals surface area contributed by atoms with E-state index in [2.05, 4.69) is 20.7 Å². The maximum absolute atomic E-state index is 12.8. The first kappa shape index (κ1) is 17.7. The summed E-state index contributed by atoms with van der Waals surface area (Å²) in [5, 5.41) is 11.2. The van der Waals surface area contributed by atoms with Crippen LogP contribution in [0.3, 0.4) is 0 Å². The number of aryl methyl sites for hydroxylation is 1. The highest BCUT2D eigenvalue weighted by atomic mass is 16.2. The van der Waals surface area contributed by atoms with Crippen LogP contribution in [0.1, 0.15) is 17.3 Å². The fraction of sp³-hybridized carbons (Fsp3) is 0.136. The van der Waals surface area contributed by atoms with E-state index in [-0.39, 0.29) is 12.1 Å². The first-order valence-electron chi connectivity index (χ1n) is 9.14. The van der Waals surface area contributed by atoms with Crippen molar-refractivity contribution in [3.63, 3.8) is 0 Å². The second-order valence-corrected chi connectivity index (χ2v) is 6.59. The number of nitrogens with one attached hydrogen (secondary N) is 2. The minimum Gasteiger partial charge on any atom is -0.331 e. The van der Waals surface area contributed by atoms with Crippen molar-refractivity contribution >= 4 is 22.6 Å². The minimum atomic E-state index is -0.263. The molecule has 2 aromatic carbocycles. The van der Waals surface area contributed by atoms with E-state index in [1.165, 1.54) is 0 Å². The second-order valence-electron chi connectivity index (χ2n) is 6.59. The monoisotopic (exact) mass is 371 g/mol. The molecule has 0 saturated heterocycles. The summed E-state index contributed by atoms with van der Waals surface area (Å²) in [7, 11) is 1.88. The van der Waals surface area contributed by atoms with Crippen molar-refractivity contribution in [3.8, 4) is 0 Å². The molecule has 0 spiro atoms. The topological polar surface area (TPSA) is 71.8 Å². The van der Waals surface area contributed by atoms with Crippen molar-refractivity contribution in [2.24, 2.45) is 7.05 Å². The number of pyridine rings is 1. The van der Waals surface area contributed by atoms with Crippen molar-refractivity contribution in [1.29, 1.82) is 0 Å². The van der Waals surface area contributed by atoms with Crippen molar-refractivity contribution in [1.82, 2.24) is 20.1 Å². The van der Waals surface area contributed by atoms with E-state index < -0.39 is 0 Å². The predicted octanol–water partition coefficient (Wildman–Crippen LogP) is 4.07. The number of aromatic nitrogens is 3. The van der Waals surface area contributed by atoms with E-state index in [1.54, 1.807) is 17.1 Å². The number of benzene rings is 2. The van der Waals surface area contributed by atoms with Crippen LogP contribution in [0.25, 0.3) is 10.9 Å². The third kappa shape index (κ3) is 3.86. The molecule has 1 atom stereocenters. The van der Waals surface area contributed by atoms with Gasteiger partial charge in [0.25, 0.3) is 0 Å². The molecule has 0 aliphatic carbocycles. The highest BCUT2D eigenvalue weighted by molar-refractivity contribution is 6.00. The van der Waals surface area contributed by atoms with E-state index in [0.717, 1.165) is 27.8 Å². The maximum atomic E-state index is 12.8. The van der Waals surface area contributed by atoms with Crippen LogP contribution in [0.4, 0.5) is 10.5 Å². The van der Waals surface area contributed by atoms with Gasteiger partial charge in [0, 0.05) is 30.7 Å². The number of hydrogen-bond acceptors (Lipinski definition) is 3. The molecule has 6 heteroatoms. The molecule has 2 aromatic heterocycles. The van der Waals surface area contributed by atoms with Crippen molar-refractivity contribution in [3.05, 3.63) is 90.4 Å². The van der Waals surface area contributed by atoms with Gasteiger partial charge in [-0.2, -0.15) is 5.10 Å². The summed E-state index contributed by atoms with van der Waals surface area (Å²) in [4.78, 5) is 17.2. The van der Waals surface area contributed by atoms with Crippen molar-refractivity contribution in [2.75, 3.05) is 5.32 Å². The molecule has 0 bridgehead atoms. The van der Waals surface area contributed by atoms with Crippen molar-refractivity contribution in [2.45, 2.75) is 12.5 Å². The zero-order chi connectivity index (χ0) is 19.3. The zero-order valence-corrected chi connectivity index (χ0v) is 15.5. The van der Waals surface area contributed by atoms with Gasteiger partial charge in [-0.3, -0.25) is 9.67 Å². The molecule has 1 unspecified atom stereocenters. The third-order valence-corrected chi connectivity index (χ3v) is 4.69. The lowest BCUT2D eigenvalue weighted by Crippen LogP contribution is -2.33. The maximum Gasteiger partial charge on any atom is 0.319 e. The molecular formula is C22H21N5O. The van der Waals surface area contributed by atoms with Gasteiger partial charge in [0.1, 0.15) is 0 Å². The summed E-state index contributed by atoms with van der Waals surface area (Å²) in [6.07, 6.45) is 4.13. The van der Waals surface area contributed by atoms with Gasteiger partial charge in [-0.15, -0.1) is 0 Å². The molecular weight excluding hydrogens is 350 g/mol. The average molecular weight is 371 g/mol. The Morgan fingerprint density at radius 3 is 2.64 bits per heavy atom. The highest BCUT2D eigenvalue weighted by Gasteiger charge is 2.17. The molecule has 2 N–H and O–H groups in total. The van der Waals surface area contributed by atoms with Gasteiger partial charge < -0.3 is 10.6 Å². The fourth-order valence-corrected chi connectivity index (χ4v) is 3.27. The highest BCUT2D eigenvalue weighted by Crippen LogP contribution is 2.23. The predicted molar refractivity (Wildman–Crippen MR) is 110 cm³/mol. The summed E-state index contributed by atoms with van der Waals surface area (Å²) < 4.78 is 1.78. The lowest BCUT2D eigenvalue weighted by Gasteiger charge is -2.19. The number of amides is 2. The van der Waals surface area contributed by atoms with Gasteiger partial charge in [-0.05, 0) is 29.8 Å². The standard InChI is InChI=1S/C22H21N5O/c1-27-21-12-7-11-19(18(21)15-24-27)25-22(28)26-20(16-8-3-2-4-9-16)14-17-10-5-6-13-23-17/h2-13,15,20H,14H2,1H3,(H2,25,26,28). The Morgan fingerprint density at radius 2 is 1.86 bits per heavy atom. The summed E-state index contributed by atoms with van der Waals surface area (Å²) in [6.45, 7) is 0. The lowest BCUT2D eigenvalue weighted by atomic mass is 10.0. The average Bonchev–Trinajstić information content (AvgIpc) is 3.11. The number of carbonyl (C=O) groups excluding carboxylic acids is 1. The number of carbonyl (C=O) groups is 1. The van der Waals surface area contributed by atoms with Crippen molar-refractivity contribution < 1.29 is 4.79 Å². The van der Waals surface area contributed by atoms with E-state index in [9.17, 15) is 4.79 Å². The van der Waals surface area contributed by atoms with Gasteiger partial charge in [0.15, 0.2) is 0 Å². The van der Waals surface area contributed by atoms with Crippen LogP contribution in [0, 0.1) is 0 Å². The molecule has 6 nitrogen and oxygen atoms in total. The van der Waals surface area contributed by atoms with Gasteiger partial charge >= 0.3 is 6.03 Å². The largest absolute Gasteiger partial charge is 0.331 e. The van der Waals surface area contributed by atoms with E-state index in [1.807, 2.05) is 73.8 Å². The molecule has 0 aliphatic rings. The number of anilines is 1. The summed E-state index contributed by atoms with van der Waals surface area (Å²) in [6, 6.07) is 21.0. The van der Waals surface area contributed by atoms with Gasteiger partial charge in [0.2, 0.25) is 0 Å². The number of urea groups is 1. The quantitative estimate of drug-likeness (QED) is 0.555. The van der Waals surface area contributed by atoms with Crippen LogP contribution >= 0.6 is 0 Å². The number of fused-ring (bicyclic) bond motifs is 1. The molecule has 2 amide bonds. The Bertz CT molecular complexity index is 1080. The molecule has 0 aliphatic heterocycles. The van der Waals surface area contributed by atoms with Gasteiger partial charge in [0.05, 0.1) is 23.4 Å². The Kier molecular flexibility index (Phi) is 5.01. The van der Waals surface area contributed by atoms with Crippen LogP contribution in [0.5, 0.6) is 0 Å². The molecule has 0 fully saturated rings. The Hall–Kier alpha value is -3.67. The zero-order valence-electron chi connectivity index (χ0n) is 15.5. The second kappa shape index (κ2) is 7.92. The lowest BCUT2D eigenvalue weighted by molar-refractivity contribution is 0.248. The van der Waals surface area contributed by atoms with Gasteiger partial charge in [-0.1, -0.05) is 42.5 Å². The normalized spacial score (nSPS) is 11.9.